The van der Waals surface area contributed by atoms with Gasteiger partial charge in [0.1, 0.15) is 11.6 Å². The van der Waals surface area contributed by atoms with Crippen molar-refractivity contribution in [3.8, 4) is 5.75 Å². The molecule has 2 rings (SSSR count). The molecular weight excluding hydrogens is 295 g/mol. The first-order valence-electron chi connectivity index (χ1n) is 7.07. The number of amides is 1. The minimum absolute atomic E-state index is 0. The Balaban J connectivity index is 0.00000220. The third-order valence-electron chi connectivity index (χ3n) is 3.55. The van der Waals surface area contributed by atoms with Crippen LogP contribution in [0.3, 0.4) is 0 Å². The van der Waals surface area contributed by atoms with Crippen molar-refractivity contribution in [1.29, 1.82) is 0 Å². The Morgan fingerprint density at radius 1 is 1.24 bits per heavy atom. The van der Waals surface area contributed by atoms with Crippen molar-refractivity contribution < 1.29 is 13.9 Å². The second kappa shape index (κ2) is 8.85. The summed E-state index contributed by atoms with van der Waals surface area (Å²) in [5.74, 6) is 0.265. The zero-order valence-electron chi connectivity index (χ0n) is 11.9. The van der Waals surface area contributed by atoms with Gasteiger partial charge in [-0.3, -0.25) is 4.79 Å². The van der Waals surface area contributed by atoms with E-state index < -0.39 is 0 Å². The number of halogens is 2. The van der Waals surface area contributed by atoms with Gasteiger partial charge in [0.05, 0.1) is 13.0 Å². The van der Waals surface area contributed by atoms with E-state index >= 15 is 0 Å². The quantitative estimate of drug-likeness (QED) is 0.876. The largest absolute Gasteiger partial charge is 0.493 e. The van der Waals surface area contributed by atoms with Crippen molar-refractivity contribution in [3.63, 3.8) is 0 Å². The molecule has 0 unspecified atom stereocenters. The van der Waals surface area contributed by atoms with Crippen molar-refractivity contribution in [3.05, 3.63) is 30.1 Å². The number of nitrogens with one attached hydrogen (secondary N) is 1. The normalized spacial score (nSPS) is 21.2. The first-order valence-corrected chi connectivity index (χ1v) is 7.07. The number of rotatable bonds is 5. The second-order valence-corrected chi connectivity index (χ2v) is 5.23. The number of carbonyl (C=O) groups excluding carboxylic acids is 1. The van der Waals surface area contributed by atoms with Gasteiger partial charge in [0.15, 0.2) is 0 Å². The molecule has 118 valence electrons. The zero-order valence-corrected chi connectivity index (χ0v) is 12.7. The summed E-state index contributed by atoms with van der Waals surface area (Å²) in [6.45, 7) is 0.295. The van der Waals surface area contributed by atoms with Gasteiger partial charge in [-0.15, -0.1) is 12.4 Å². The van der Waals surface area contributed by atoms with E-state index in [1.165, 1.54) is 12.1 Å². The first-order chi connectivity index (χ1) is 9.63. The van der Waals surface area contributed by atoms with Gasteiger partial charge in [-0.05, 0) is 49.9 Å². The highest BCUT2D eigenvalue weighted by Crippen LogP contribution is 2.17. The highest BCUT2D eigenvalue weighted by molar-refractivity contribution is 5.85. The lowest BCUT2D eigenvalue weighted by Gasteiger charge is -2.26. The lowest BCUT2D eigenvalue weighted by molar-refractivity contribution is -0.122. The van der Waals surface area contributed by atoms with Gasteiger partial charge in [-0.1, -0.05) is 0 Å². The fourth-order valence-corrected chi connectivity index (χ4v) is 2.36. The maximum Gasteiger partial charge on any atom is 0.223 e. The molecule has 6 heteroatoms. The van der Waals surface area contributed by atoms with Crippen LogP contribution < -0.4 is 15.8 Å². The Kier molecular flexibility index (Phi) is 7.47. The monoisotopic (exact) mass is 316 g/mol. The fourth-order valence-electron chi connectivity index (χ4n) is 2.36. The van der Waals surface area contributed by atoms with Gasteiger partial charge < -0.3 is 15.8 Å². The molecule has 1 saturated carbocycles. The molecule has 1 aliphatic carbocycles. The predicted octanol–water partition coefficient (Wildman–Crippen LogP) is 2.40. The van der Waals surface area contributed by atoms with Gasteiger partial charge in [0.25, 0.3) is 0 Å². The highest BCUT2D eigenvalue weighted by atomic mass is 35.5. The summed E-state index contributed by atoms with van der Waals surface area (Å²) in [7, 11) is 0. The van der Waals surface area contributed by atoms with Crippen molar-refractivity contribution in [1.82, 2.24) is 5.32 Å². The van der Waals surface area contributed by atoms with Crippen LogP contribution in [0.5, 0.6) is 5.75 Å². The summed E-state index contributed by atoms with van der Waals surface area (Å²) in [5.41, 5.74) is 5.82. The van der Waals surface area contributed by atoms with Crippen LogP contribution in [-0.2, 0) is 4.79 Å². The molecule has 1 aromatic rings. The predicted molar refractivity (Wildman–Crippen MR) is 82.1 cm³/mol. The highest BCUT2D eigenvalue weighted by Gasteiger charge is 2.19. The maximum absolute atomic E-state index is 12.7. The molecule has 0 saturated heterocycles. The van der Waals surface area contributed by atoms with Gasteiger partial charge in [-0.2, -0.15) is 0 Å². The molecule has 21 heavy (non-hydrogen) atoms. The molecule has 1 aromatic carbocycles. The van der Waals surface area contributed by atoms with Crippen LogP contribution in [0.1, 0.15) is 32.1 Å². The maximum atomic E-state index is 12.7. The molecular formula is C15H22ClFN2O2. The van der Waals surface area contributed by atoms with Crippen molar-refractivity contribution in [2.24, 2.45) is 5.73 Å². The smallest absolute Gasteiger partial charge is 0.223 e. The number of carbonyl (C=O) groups is 1. The van der Waals surface area contributed by atoms with Gasteiger partial charge in [0.2, 0.25) is 5.91 Å². The lowest BCUT2D eigenvalue weighted by Crippen LogP contribution is -2.40. The van der Waals surface area contributed by atoms with E-state index in [2.05, 4.69) is 5.32 Å². The van der Waals surface area contributed by atoms with Crippen molar-refractivity contribution >= 4 is 18.3 Å². The summed E-state index contributed by atoms with van der Waals surface area (Å²) in [4.78, 5) is 11.8. The molecule has 0 heterocycles. The molecule has 0 radical (unpaired) electrons. The van der Waals surface area contributed by atoms with E-state index in [0.29, 0.717) is 18.8 Å². The van der Waals surface area contributed by atoms with Crippen LogP contribution in [0.25, 0.3) is 0 Å². The minimum atomic E-state index is -0.300. The summed E-state index contributed by atoms with van der Waals surface area (Å²) < 4.78 is 18.1. The molecule has 1 amide bonds. The molecule has 0 bridgehead atoms. The van der Waals surface area contributed by atoms with Crippen molar-refractivity contribution in [2.45, 2.75) is 44.2 Å². The van der Waals surface area contributed by atoms with Gasteiger partial charge >= 0.3 is 0 Å². The lowest BCUT2D eigenvalue weighted by atomic mass is 9.92. The Morgan fingerprint density at radius 2 is 1.86 bits per heavy atom. The number of hydrogen-bond donors (Lipinski definition) is 2. The Hall–Kier alpha value is -1.33. The third-order valence-corrected chi connectivity index (χ3v) is 3.55. The topological polar surface area (TPSA) is 64.3 Å². The third kappa shape index (κ3) is 6.31. The van der Waals surface area contributed by atoms with E-state index in [0.717, 1.165) is 25.7 Å². The summed E-state index contributed by atoms with van der Waals surface area (Å²) in [6.07, 6.45) is 4.14. The van der Waals surface area contributed by atoms with Gasteiger partial charge in [0, 0.05) is 12.1 Å². The van der Waals surface area contributed by atoms with Crippen LogP contribution >= 0.6 is 12.4 Å². The average Bonchev–Trinajstić information content (AvgIpc) is 2.44. The molecule has 4 nitrogen and oxygen atoms in total. The number of hydrogen-bond acceptors (Lipinski definition) is 3. The molecule has 1 fully saturated rings. The average molecular weight is 317 g/mol. The summed E-state index contributed by atoms with van der Waals surface area (Å²) in [5, 5.41) is 3.00. The minimum Gasteiger partial charge on any atom is -0.493 e. The molecule has 0 aliphatic heterocycles. The van der Waals surface area contributed by atoms with E-state index in [-0.39, 0.29) is 36.2 Å². The number of benzene rings is 1. The van der Waals surface area contributed by atoms with Crippen molar-refractivity contribution in [2.75, 3.05) is 6.61 Å². The fraction of sp³-hybridized carbons (Fsp3) is 0.533. The Morgan fingerprint density at radius 3 is 2.48 bits per heavy atom. The standard InChI is InChI=1S/C15H21FN2O2.ClH/c16-11-1-7-14(8-2-11)20-10-9-15(19)18-13-5-3-12(17)4-6-13;/h1-2,7-8,12-13H,3-6,9-10,17H2,(H,18,19);1H. The number of nitrogens with two attached hydrogens (primary N) is 1. The van der Waals surface area contributed by atoms with Crippen LogP contribution in [0, 0.1) is 5.82 Å². The Labute approximate surface area is 130 Å². The van der Waals surface area contributed by atoms with E-state index in [1.807, 2.05) is 0 Å². The summed E-state index contributed by atoms with van der Waals surface area (Å²) >= 11 is 0. The second-order valence-electron chi connectivity index (χ2n) is 5.23. The van der Waals surface area contributed by atoms with Crippen LogP contribution in [0.2, 0.25) is 0 Å². The van der Waals surface area contributed by atoms with Crippen LogP contribution in [0.15, 0.2) is 24.3 Å². The molecule has 0 atom stereocenters. The van der Waals surface area contributed by atoms with Crippen LogP contribution in [-0.4, -0.2) is 24.6 Å². The summed E-state index contributed by atoms with van der Waals surface area (Å²) in [6, 6.07) is 6.30. The van der Waals surface area contributed by atoms with Gasteiger partial charge in [-0.25, -0.2) is 4.39 Å². The SMILES string of the molecule is Cl.NC1CCC(NC(=O)CCOc2ccc(F)cc2)CC1. The van der Waals surface area contributed by atoms with E-state index in [4.69, 9.17) is 10.5 Å². The zero-order chi connectivity index (χ0) is 14.4. The Bertz CT molecular complexity index is 434. The van der Waals surface area contributed by atoms with Crippen LogP contribution in [0.4, 0.5) is 4.39 Å². The molecule has 3 N–H and O–H groups in total. The molecule has 0 aromatic heterocycles. The first kappa shape index (κ1) is 17.7. The van der Waals surface area contributed by atoms with E-state index in [9.17, 15) is 9.18 Å². The number of ether oxygens (including phenoxy) is 1. The molecule has 0 spiro atoms. The molecule has 1 aliphatic rings. The van der Waals surface area contributed by atoms with E-state index in [1.54, 1.807) is 12.1 Å².